The van der Waals surface area contributed by atoms with Gasteiger partial charge in [0.2, 0.25) is 5.95 Å². The molecular formula is C12H11BrClN3. The van der Waals surface area contributed by atoms with E-state index in [4.69, 9.17) is 11.6 Å². The molecule has 0 aliphatic rings. The molecule has 0 radical (unpaired) electrons. The summed E-state index contributed by atoms with van der Waals surface area (Å²) in [4.78, 5) is 10.4. The summed E-state index contributed by atoms with van der Waals surface area (Å²) in [5, 5.41) is 0.761. The third-order valence-electron chi connectivity index (χ3n) is 2.31. The van der Waals surface area contributed by atoms with Gasteiger partial charge in [0, 0.05) is 31.0 Å². The molecule has 88 valence electrons. The molecule has 2 rings (SSSR count). The van der Waals surface area contributed by atoms with E-state index < -0.39 is 0 Å². The summed E-state index contributed by atoms with van der Waals surface area (Å²) in [6, 6.07) is 7.77. The Bertz CT molecular complexity index is 501. The minimum absolute atomic E-state index is 0.674. The molecule has 0 fully saturated rings. The zero-order valence-electron chi connectivity index (χ0n) is 9.27. The van der Waals surface area contributed by atoms with Crippen LogP contribution in [-0.4, -0.2) is 17.0 Å². The van der Waals surface area contributed by atoms with E-state index in [-0.39, 0.29) is 0 Å². The van der Waals surface area contributed by atoms with Gasteiger partial charge in [-0.25, -0.2) is 9.97 Å². The number of anilines is 1. The highest BCUT2D eigenvalue weighted by atomic mass is 79.9. The highest BCUT2D eigenvalue weighted by Crippen LogP contribution is 2.18. The Kier molecular flexibility index (Phi) is 3.97. The third-order valence-corrected chi connectivity index (χ3v) is 3.09. The van der Waals surface area contributed by atoms with Gasteiger partial charge >= 0.3 is 0 Å². The van der Waals surface area contributed by atoms with Crippen LogP contribution < -0.4 is 4.90 Å². The first-order valence-electron chi connectivity index (χ1n) is 5.09. The number of nitrogens with zero attached hydrogens (tertiary/aromatic N) is 3. The maximum absolute atomic E-state index is 6.11. The molecule has 0 spiro atoms. The van der Waals surface area contributed by atoms with Crippen LogP contribution in [0.3, 0.4) is 0 Å². The molecule has 17 heavy (non-hydrogen) atoms. The molecule has 0 bridgehead atoms. The van der Waals surface area contributed by atoms with Crippen molar-refractivity contribution in [3.05, 3.63) is 51.7 Å². The Labute approximate surface area is 114 Å². The van der Waals surface area contributed by atoms with E-state index in [2.05, 4.69) is 25.9 Å². The van der Waals surface area contributed by atoms with Crippen LogP contribution >= 0.6 is 27.5 Å². The molecule has 0 N–H and O–H groups in total. The molecule has 0 amide bonds. The van der Waals surface area contributed by atoms with Crippen LogP contribution in [0.4, 0.5) is 5.95 Å². The molecule has 0 unspecified atom stereocenters. The highest BCUT2D eigenvalue weighted by Gasteiger charge is 2.06. The van der Waals surface area contributed by atoms with Crippen LogP contribution in [0.2, 0.25) is 5.02 Å². The Morgan fingerprint density at radius 3 is 2.53 bits per heavy atom. The van der Waals surface area contributed by atoms with Gasteiger partial charge in [-0.05, 0) is 27.6 Å². The van der Waals surface area contributed by atoms with Crippen molar-refractivity contribution < 1.29 is 0 Å². The number of aromatic nitrogens is 2. The second kappa shape index (κ2) is 5.47. The molecular weight excluding hydrogens is 302 g/mol. The molecule has 0 aliphatic heterocycles. The van der Waals surface area contributed by atoms with Crippen molar-refractivity contribution in [1.29, 1.82) is 0 Å². The maximum Gasteiger partial charge on any atom is 0.225 e. The van der Waals surface area contributed by atoms with Gasteiger partial charge in [-0.3, -0.25) is 0 Å². The van der Waals surface area contributed by atoms with E-state index in [0.717, 1.165) is 15.1 Å². The Morgan fingerprint density at radius 1 is 1.24 bits per heavy atom. The molecule has 2 aromatic rings. The first-order valence-corrected chi connectivity index (χ1v) is 6.26. The van der Waals surface area contributed by atoms with Gasteiger partial charge < -0.3 is 4.90 Å². The largest absolute Gasteiger partial charge is 0.340 e. The summed E-state index contributed by atoms with van der Waals surface area (Å²) in [7, 11) is 1.94. The quantitative estimate of drug-likeness (QED) is 0.868. The second-order valence-corrected chi connectivity index (χ2v) is 4.97. The molecule has 1 aromatic heterocycles. The SMILES string of the molecule is CN(Cc1ccccc1Cl)c1ncc(Br)cn1. The molecule has 1 heterocycles. The van der Waals surface area contributed by atoms with Crippen molar-refractivity contribution >= 4 is 33.5 Å². The summed E-state index contributed by atoms with van der Waals surface area (Å²) in [6.45, 7) is 0.682. The fraction of sp³-hybridized carbons (Fsp3) is 0.167. The van der Waals surface area contributed by atoms with Crippen LogP contribution in [0.15, 0.2) is 41.1 Å². The van der Waals surface area contributed by atoms with Crippen LogP contribution in [0.5, 0.6) is 0 Å². The molecule has 0 aliphatic carbocycles. The van der Waals surface area contributed by atoms with Gasteiger partial charge in [0.15, 0.2) is 0 Å². The van der Waals surface area contributed by atoms with E-state index >= 15 is 0 Å². The lowest BCUT2D eigenvalue weighted by molar-refractivity contribution is 0.865. The van der Waals surface area contributed by atoms with Gasteiger partial charge in [0.05, 0.1) is 4.47 Å². The molecule has 0 atom stereocenters. The van der Waals surface area contributed by atoms with Gasteiger partial charge in [-0.15, -0.1) is 0 Å². The minimum atomic E-state index is 0.674. The number of hydrogen-bond acceptors (Lipinski definition) is 3. The van der Waals surface area contributed by atoms with E-state index in [1.165, 1.54) is 0 Å². The van der Waals surface area contributed by atoms with Crippen molar-refractivity contribution in [1.82, 2.24) is 9.97 Å². The number of rotatable bonds is 3. The monoisotopic (exact) mass is 311 g/mol. The predicted molar refractivity (Wildman–Crippen MR) is 73.3 cm³/mol. The molecule has 0 saturated heterocycles. The summed E-state index contributed by atoms with van der Waals surface area (Å²) in [6.07, 6.45) is 3.46. The van der Waals surface area contributed by atoms with Crippen LogP contribution in [0.25, 0.3) is 0 Å². The van der Waals surface area contributed by atoms with Crippen molar-refractivity contribution in [3.8, 4) is 0 Å². The summed E-state index contributed by atoms with van der Waals surface area (Å²) < 4.78 is 0.868. The van der Waals surface area contributed by atoms with Crippen molar-refractivity contribution in [2.24, 2.45) is 0 Å². The van der Waals surface area contributed by atoms with E-state index in [1.807, 2.05) is 36.2 Å². The van der Waals surface area contributed by atoms with Gasteiger partial charge in [0.1, 0.15) is 0 Å². The van der Waals surface area contributed by atoms with Crippen molar-refractivity contribution in [2.75, 3.05) is 11.9 Å². The number of halogens is 2. The lowest BCUT2D eigenvalue weighted by Crippen LogP contribution is -2.19. The smallest absolute Gasteiger partial charge is 0.225 e. The summed E-state index contributed by atoms with van der Waals surface area (Å²) in [5.41, 5.74) is 1.06. The van der Waals surface area contributed by atoms with Crippen LogP contribution in [0.1, 0.15) is 5.56 Å². The van der Waals surface area contributed by atoms with E-state index in [9.17, 15) is 0 Å². The lowest BCUT2D eigenvalue weighted by Gasteiger charge is -2.17. The zero-order valence-corrected chi connectivity index (χ0v) is 11.6. The molecule has 0 saturated carbocycles. The number of benzene rings is 1. The topological polar surface area (TPSA) is 29.0 Å². The standard InChI is InChI=1S/C12H11BrClN3/c1-17(12-15-6-10(13)7-16-12)8-9-4-2-3-5-11(9)14/h2-7H,8H2,1H3. The fourth-order valence-corrected chi connectivity index (χ4v) is 1.86. The van der Waals surface area contributed by atoms with Crippen LogP contribution in [-0.2, 0) is 6.54 Å². The Balaban J connectivity index is 2.14. The Morgan fingerprint density at radius 2 is 1.88 bits per heavy atom. The molecule has 3 nitrogen and oxygen atoms in total. The van der Waals surface area contributed by atoms with Crippen molar-refractivity contribution in [3.63, 3.8) is 0 Å². The predicted octanol–water partition coefficient (Wildman–Crippen LogP) is 3.53. The normalized spacial score (nSPS) is 10.3. The zero-order chi connectivity index (χ0) is 12.3. The fourth-order valence-electron chi connectivity index (χ4n) is 1.46. The van der Waals surface area contributed by atoms with Crippen LogP contribution in [0, 0.1) is 0 Å². The second-order valence-electron chi connectivity index (χ2n) is 3.65. The summed E-state index contributed by atoms with van der Waals surface area (Å²) >= 11 is 9.41. The van der Waals surface area contributed by atoms with Gasteiger partial charge in [-0.1, -0.05) is 29.8 Å². The van der Waals surface area contributed by atoms with E-state index in [0.29, 0.717) is 12.5 Å². The minimum Gasteiger partial charge on any atom is -0.340 e. The van der Waals surface area contributed by atoms with Gasteiger partial charge in [0.25, 0.3) is 0 Å². The van der Waals surface area contributed by atoms with E-state index in [1.54, 1.807) is 12.4 Å². The lowest BCUT2D eigenvalue weighted by atomic mass is 10.2. The maximum atomic E-state index is 6.11. The summed E-state index contributed by atoms with van der Waals surface area (Å²) in [5.74, 6) is 0.674. The Hall–Kier alpha value is -1.13. The number of hydrogen-bond donors (Lipinski definition) is 0. The average Bonchev–Trinajstić information content (AvgIpc) is 2.33. The third kappa shape index (κ3) is 3.17. The average molecular weight is 313 g/mol. The molecule has 5 heteroatoms. The first kappa shape index (κ1) is 12.3. The first-order chi connectivity index (χ1) is 8.16. The molecule has 1 aromatic carbocycles. The highest BCUT2D eigenvalue weighted by molar-refractivity contribution is 9.10. The van der Waals surface area contributed by atoms with Gasteiger partial charge in [-0.2, -0.15) is 0 Å². The van der Waals surface area contributed by atoms with Crippen molar-refractivity contribution in [2.45, 2.75) is 6.54 Å².